The summed E-state index contributed by atoms with van der Waals surface area (Å²) in [6.07, 6.45) is 4.19. The molecule has 14 heteroatoms. The predicted octanol–water partition coefficient (Wildman–Crippen LogP) is 0.216. The van der Waals surface area contributed by atoms with Crippen molar-refractivity contribution in [3.8, 4) is 0 Å². The van der Waals surface area contributed by atoms with Gasteiger partial charge in [-0.05, 0) is 64.7 Å². The fraction of sp³-hybridized carbons (Fsp3) is 0.933. The van der Waals surface area contributed by atoms with E-state index in [9.17, 15) is 19.8 Å². The van der Waals surface area contributed by atoms with Crippen LogP contribution in [0.3, 0.4) is 0 Å². The van der Waals surface area contributed by atoms with Gasteiger partial charge in [-0.3, -0.25) is 24.3 Å². The summed E-state index contributed by atoms with van der Waals surface area (Å²) >= 11 is 0. The fourth-order valence-corrected chi connectivity index (χ4v) is 6.29. The van der Waals surface area contributed by atoms with Crippen LogP contribution in [-0.2, 0) is 29.1 Å². The molecule has 6 N–H and O–H groups in total. The number of nitrogens with two attached hydrogens (primary N) is 1. The Morgan fingerprint density at radius 1 is 0.750 bits per heavy atom. The predicted molar refractivity (Wildman–Crippen MR) is 168 cm³/mol. The first-order chi connectivity index (χ1) is 21.0. The van der Waals surface area contributed by atoms with Gasteiger partial charge < -0.3 is 26.6 Å². The van der Waals surface area contributed by atoms with Crippen molar-refractivity contribution in [2.75, 3.05) is 66.7 Å². The van der Waals surface area contributed by atoms with Crippen molar-refractivity contribution < 1.29 is 39.4 Å². The highest BCUT2D eigenvalue weighted by Crippen LogP contribution is 2.20. The van der Waals surface area contributed by atoms with Crippen LogP contribution >= 0.6 is 0 Å². The molecule has 0 saturated carbocycles. The van der Waals surface area contributed by atoms with Crippen LogP contribution in [0, 0.1) is 0 Å². The largest absolute Gasteiger partial charge is 0.367 e. The molecule has 3 saturated heterocycles. The number of hydrogen-bond donors (Lipinski definition) is 5. The van der Waals surface area contributed by atoms with E-state index in [1.807, 2.05) is 11.8 Å². The highest BCUT2D eigenvalue weighted by Gasteiger charge is 2.32. The number of likely N-dealkylation sites (tertiary alicyclic amines) is 3. The first-order valence-corrected chi connectivity index (χ1v) is 16.2. The normalized spacial score (nSPS) is 28.3. The second kappa shape index (κ2) is 23.0. The Morgan fingerprint density at radius 3 is 1.61 bits per heavy atom. The summed E-state index contributed by atoms with van der Waals surface area (Å²) in [6.45, 7) is 16.3. The zero-order valence-electron chi connectivity index (χ0n) is 28.2. The van der Waals surface area contributed by atoms with Crippen molar-refractivity contribution in [1.82, 2.24) is 25.3 Å². The Balaban J connectivity index is 0.000000332. The Hall–Kier alpha value is -1.46. The molecule has 2 amide bonds. The van der Waals surface area contributed by atoms with E-state index < -0.39 is 6.29 Å². The summed E-state index contributed by atoms with van der Waals surface area (Å²) in [7, 11) is 3.06. The van der Waals surface area contributed by atoms with Crippen molar-refractivity contribution in [2.24, 2.45) is 5.73 Å². The molecule has 0 aromatic carbocycles. The highest BCUT2D eigenvalue weighted by atomic mass is 17.2. The number of aliphatic hydroxyl groups excluding tert-OH is 1. The molecule has 0 spiro atoms. The minimum atomic E-state index is -1.33. The van der Waals surface area contributed by atoms with Crippen LogP contribution < -0.4 is 16.4 Å². The van der Waals surface area contributed by atoms with Gasteiger partial charge in [-0.2, -0.15) is 0 Å². The number of aliphatic hydroxyl groups is 2. The van der Waals surface area contributed by atoms with Gasteiger partial charge in [0, 0.05) is 57.1 Å². The zero-order chi connectivity index (χ0) is 33.1. The van der Waals surface area contributed by atoms with E-state index >= 15 is 0 Å². The quantitative estimate of drug-likeness (QED) is 0.113. The standard InChI is InChI=1S/C11H22N2O3.C10H20N2O3.C9H20N2O2/c1-4-13-6-5-10(12-9(2)14)7-11(13)8-16-15-3;1-3-12-5-4-8(11-7(2)13)6-9(12)10(14)15;1-3-11-5-4-8(10)6-9(11)7-13-12-2/h10-11H,4-8H2,1-3H3,(H,12,14);8-10,14-15H,3-6H2,1-2H3,(H,11,13);8-9H,3-7,10H2,1-2H3. The van der Waals surface area contributed by atoms with Crippen molar-refractivity contribution in [3.05, 3.63) is 0 Å². The highest BCUT2D eigenvalue weighted by molar-refractivity contribution is 5.73. The average molecular weight is 635 g/mol. The molecule has 14 nitrogen and oxygen atoms in total. The molecule has 6 unspecified atom stereocenters. The third kappa shape index (κ3) is 15.7. The van der Waals surface area contributed by atoms with E-state index in [1.165, 1.54) is 14.0 Å². The number of likely N-dealkylation sites (N-methyl/N-ethyl adjacent to an activating group) is 3. The summed E-state index contributed by atoms with van der Waals surface area (Å²) in [5.74, 6) is -0.0162. The minimum absolute atomic E-state index is 0.0429. The number of hydrogen-bond acceptors (Lipinski definition) is 12. The summed E-state index contributed by atoms with van der Waals surface area (Å²) in [4.78, 5) is 47.9. The molecule has 6 atom stereocenters. The molecule has 260 valence electrons. The van der Waals surface area contributed by atoms with Gasteiger partial charge in [0.25, 0.3) is 0 Å². The lowest BCUT2D eigenvalue weighted by Gasteiger charge is -2.39. The Kier molecular flexibility index (Phi) is 21.2. The lowest BCUT2D eigenvalue weighted by Crippen LogP contribution is -2.53. The van der Waals surface area contributed by atoms with E-state index in [2.05, 4.69) is 44.1 Å². The van der Waals surface area contributed by atoms with Gasteiger partial charge in [-0.1, -0.05) is 20.8 Å². The average Bonchev–Trinajstić information content (AvgIpc) is 2.99. The first-order valence-electron chi connectivity index (χ1n) is 16.2. The van der Waals surface area contributed by atoms with Crippen LogP contribution in [0.15, 0.2) is 0 Å². The molecule has 0 aromatic rings. The van der Waals surface area contributed by atoms with Crippen molar-refractivity contribution in [3.63, 3.8) is 0 Å². The van der Waals surface area contributed by atoms with Crippen LogP contribution in [0.25, 0.3) is 0 Å². The van der Waals surface area contributed by atoms with Crippen LogP contribution in [0.4, 0.5) is 0 Å². The number of nitrogens with zero attached hydrogens (tertiary/aromatic N) is 3. The van der Waals surface area contributed by atoms with Crippen LogP contribution in [0.2, 0.25) is 0 Å². The Bertz CT molecular complexity index is 782. The van der Waals surface area contributed by atoms with Crippen molar-refractivity contribution in [1.29, 1.82) is 0 Å². The van der Waals surface area contributed by atoms with E-state index in [4.69, 9.17) is 15.5 Å². The minimum Gasteiger partial charge on any atom is -0.367 e. The second-order valence-corrected chi connectivity index (χ2v) is 11.7. The topological polar surface area (TPSA) is 171 Å². The Labute approximate surface area is 264 Å². The maximum Gasteiger partial charge on any atom is 0.217 e. The van der Waals surface area contributed by atoms with Crippen molar-refractivity contribution in [2.45, 2.75) is 116 Å². The van der Waals surface area contributed by atoms with Gasteiger partial charge >= 0.3 is 0 Å². The fourth-order valence-electron chi connectivity index (χ4n) is 6.29. The molecule has 3 aliphatic rings. The monoisotopic (exact) mass is 634 g/mol. The molecule has 3 aliphatic heterocycles. The maximum absolute atomic E-state index is 11.0. The summed E-state index contributed by atoms with van der Waals surface area (Å²) < 4.78 is 0. The second-order valence-electron chi connectivity index (χ2n) is 11.7. The van der Waals surface area contributed by atoms with Gasteiger partial charge in [0.1, 0.15) is 0 Å². The smallest absolute Gasteiger partial charge is 0.217 e. The molecule has 3 rings (SSSR count). The van der Waals surface area contributed by atoms with Crippen LogP contribution in [-0.4, -0.2) is 146 Å². The van der Waals surface area contributed by atoms with E-state index in [0.29, 0.717) is 37.8 Å². The summed E-state index contributed by atoms with van der Waals surface area (Å²) in [5, 5.41) is 24.3. The SMILES string of the molecule is CCN1CCC(N)CC1COOC.CCN1CCC(NC(C)=O)CC1C(O)O.CCN1CCC(NC(C)=O)CC1COOC. The molecule has 0 aromatic heterocycles. The van der Waals surface area contributed by atoms with Crippen LogP contribution in [0.1, 0.15) is 73.1 Å². The van der Waals surface area contributed by atoms with Gasteiger partial charge in [0.2, 0.25) is 11.8 Å². The molecular weight excluding hydrogens is 572 g/mol. The molecule has 44 heavy (non-hydrogen) atoms. The molecular formula is C30H62N6O8. The molecule has 3 fully saturated rings. The number of nitrogens with one attached hydrogen (secondary N) is 2. The molecule has 0 aliphatic carbocycles. The first kappa shape index (κ1) is 40.6. The number of rotatable bonds is 12. The van der Waals surface area contributed by atoms with Gasteiger partial charge in [0.15, 0.2) is 6.29 Å². The third-order valence-electron chi connectivity index (χ3n) is 8.61. The number of carbonyl (C=O) groups excluding carboxylic acids is 2. The third-order valence-corrected chi connectivity index (χ3v) is 8.61. The molecule has 0 radical (unpaired) electrons. The van der Waals surface area contributed by atoms with Crippen LogP contribution in [0.5, 0.6) is 0 Å². The summed E-state index contributed by atoms with van der Waals surface area (Å²) in [5.41, 5.74) is 5.89. The van der Waals surface area contributed by atoms with Crippen molar-refractivity contribution >= 4 is 11.8 Å². The lowest BCUT2D eigenvalue weighted by atomic mass is 9.96. The van der Waals surface area contributed by atoms with E-state index in [0.717, 1.165) is 71.4 Å². The van der Waals surface area contributed by atoms with E-state index in [1.54, 1.807) is 14.0 Å². The lowest BCUT2D eigenvalue weighted by molar-refractivity contribution is -0.281. The van der Waals surface area contributed by atoms with Gasteiger partial charge in [-0.25, -0.2) is 19.6 Å². The number of carbonyl (C=O) groups is 2. The maximum atomic E-state index is 11.0. The Morgan fingerprint density at radius 2 is 1.18 bits per heavy atom. The van der Waals surface area contributed by atoms with Gasteiger partial charge in [0.05, 0.1) is 33.5 Å². The molecule has 0 bridgehead atoms. The summed E-state index contributed by atoms with van der Waals surface area (Å²) in [6, 6.07) is 1.15. The van der Waals surface area contributed by atoms with E-state index in [-0.39, 0.29) is 29.9 Å². The number of piperidine rings is 3. The number of amides is 2. The van der Waals surface area contributed by atoms with Gasteiger partial charge in [-0.15, -0.1) is 0 Å². The molecule has 3 heterocycles. The zero-order valence-corrected chi connectivity index (χ0v) is 28.2.